The minimum absolute atomic E-state index is 0.221. The van der Waals surface area contributed by atoms with Crippen LogP contribution in [0.15, 0.2) is 36.7 Å². The Kier molecular flexibility index (Phi) is 3.67. The van der Waals surface area contributed by atoms with Crippen LogP contribution in [-0.2, 0) is 4.74 Å². The second-order valence-electron chi connectivity index (χ2n) is 4.87. The lowest BCUT2D eigenvalue weighted by atomic mass is 10.1. The van der Waals surface area contributed by atoms with E-state index in [0.29, 0.717) is 23.4 Å². The lowest BCUT2D eigenvalue weighted by Gasteiger charge is -2.07. The van der Waals surface area contributed by atoms with E-state index in [2.05, 4.69) is 10.4 Å². The van der Waals surface area contributed by atoms with Crippen LogP contribution in [0.4, 0.5) is 5.69 Å². The van der Waals surface area contributed by atoms with Gasteiger partial charge in [-0.2, -0.15) is 10.4 Å². The highest BCUT2D eigenvalue weighted by Crippen LogP contribution is 2.20. The predicted molar refractivity (Wildman–Crippen MR) is 75.8 cm³/mol. The molecule has 1 fully saturated rings. The van der Waals surface area contributed by atoms with Crippen LogP contribution in [-0.4, -0.2) is 28.9 Å². The van der Waals surface area contributed by atoms with Crippen LogP contribution in [0.2, 0.25) is 0 Å². The second-order valence-corrected chi connectivity index (χ2v) is 4.87. The van der Waals surface area contributed by atoms with Crippen LogP contribution in [0, 0.1) is 11.3 Å². The summed E-state index contributed by atoms with van der Waals surface area (Å²) in [5.41, 5.74) is 1.68. The third kappa shape index (κ3) is 2.93. The van der Waals surface area contributed by atoms with Crippen molar-refractivity contribution < 1.29 is 9.53 Å². The molecule has 1 atom stereocenters. The molecule has 1 amide bonds. The number of carbonyl (C=O) groups excluding carboxylic acids is 1. The number of benzene rings is 1. The summed E-state index contributed by atoms with van der Waals surface area (Å²) in [6.45, 7) is 1.40. The van der Waals surface area contributed by atoms with Crippen LogP contribution in [0.5, 0.6) is 0 Å². The van der Waals surface area contributed by atoms with Crippen molar-refractivity contribution in [2.75, 3.05) is 18.5 Å². The lowest BCUT2D eigenvalue weighted by Crippen LogP contribution is -2.12. The van der Waals surface area contributed by atoms with Gasteiger partial charge in [0.05, 0.1) is 36.2 Å². The number of ether oxygens (including phenoxy) is 1. The zero-order chi connectivity index (χ0) is 14.7. The fraction of sp³-hybridized carbons (Fsp3) is 0.267. The van der Waals surface area contributed by atoms with Gasteiger partial charge >= 0.3 is 0 Å². The van der Waals surface area contributed by atoms with E-state index in [0.717, 1.165) is 13.0 Å². The van der Waals surface area contributed by atoms with Gasteiger partial charge in [0.15, 0.2) is 0 Å². The Labute approximate surface area is 121 Å². The second kappa shape index (κ2) is 5.77. The summed E-state index contributed by atoms with van der Waals surface area (Å²) in [6.07, 6.45) is 4.37. The topological polar surface area (TPSA) is 79.9 Å². The number of rotatable bonds is 3. The summed E-state index contributed by atoms with van der Waals surface area (Å²) in [5, 5.41) is 15.8. The molecule has 1 aliphatic heterocycles. The van der Waals surface area contributed by atoms with Crippen molar-refractivity contribution in [1.29, 1.82) is 5.26 Å². The van der Waals surface area contributed by atoms with E-state index < -0.39 is 0 Å². The van der Waals surface area contributed by atoms with E-state index >= 15 is 0 Å². The Morgan fingerprint density at radius 2 is 2.24 bits per heavy atom. The van der Waals surface area contributed by atoms with Gasteiger partial charge in [-0.25, -0.2) is 0 Å². The molecule has 6 nitrogen and oxygen atoms in total. The van der Waals surface area contributed by atoms with E-state index in [1.165, 1.54) is 0 Å². The fourth-order valence-electron chi connectivity index (χ4n) is 2.23. The SMILES string of the molecule is N#Cc1ccc(C(=O)Nc2cnn([C@H]3CCOC3)c2)cc1. The minimum atomic E-state index is -0.221. The molecular weight excluding hydrogens is 268 g/mol. The van der Waals surface area contributed by atoms with Gasteiger partial charge in [0.25, 0.3) is 5.91 Å². The average molecular weight is 282 g/mol. The lowest BCUT2D eigenvalue weighted by molar-refractivity contribution is 0.102. The van der Waals surface area contributed by atoms with Crippen LogP contribution < -0.4 is 5.32 Å². The minimum Gasteiger partial charge on any atom is -0.379 e. The summed E-state index contributed by atoms with van der Waals surface area (Å²) >= 11 is 0. The van der Waals surface area contributed by atoms with Crippen molar-refractivity contribution in [3.8, 4) is 6.07 Å². The zero-order valence-electron chi connectivity index (χ0n) is 11.3. The Hall–Kier alpha value is -2.65. The summed E-state index contributed by atoms with van der Waals surface area (Å²) in [7, 11) is 0. The van der Waals surface area contributed by atoms with Gasteiger partial charge in [-0.15, -0.1) is 0 Å². The number of nitrogens with one attached hydrogen (secondary N) is 1. The number of hydrogen-bond donors (Lipinski definition) is 1. The molecule has 6 heteroatoms. The largest absolute Gasteiger partial charge is 0.379 e. The van der Waals surface area contributed by atoms with Gasteiger partial charge in [0.1, 0.15) is 0 Å². The summed E-state index contributed by atoms with van der Waals surface area (Å²) in [4.78, 5) is 12.1. The average Bonchev–Trinajstić information content (AvgIpc) is 3.18. The maximum atomic E-state index is 12.1. The Morgan fingerprint density at radius 3 is 2.90 bits per heavy atom. The maximum Gasteiger partial charge on any atom is 0.255 e. The summed E-state index contributed by atoms with van der Waals surface area (Å²) in [5.74, 6) is -0.221. The van der Waals surface area contributed by atoms with Gasteiger partial charge in [-0.3, -0.25) is 9.48 Å². The normalized spacial score (nSPS) is 17.4. The third-order valence-corrected chi connectivity index (χ3v) is 3.42. The van der Waals surface area contributed by atoms with Crippen molar-refractivity contribution in [2.45, 2.75) is 12.5 Å². The first-order chi connectivity index (χ1) is 10.3. The van der Waals surface area contributed by atoms with E-state index in [4.69, 9.17) is 10.00 Å². The number of nitriles is 1. The molecule has 0 aliphatic carbocycles. The highest BCUT2D eigenvalue weighted by Gasteiger charge is 2.18. The van der Waals surface area contributed by atoms with Gasteiger partial charge < -0.3 is 10.1 Å². The molecule has 2 aromatic rings. The molecule has 1 aromatic heterocycles. The van der Waals surface area contributed by atoms with Gasteiger partial charge in [-0.05, 0) is 30.7 Å². The molecule has 0 unspecified atom stereocenters. The summed E-state index contributed by atoms with van der Waals surface area (Å²) in [6, 6.07) is 8.76. The molecule has 21 heavy (non-hydrogen) atoms. The molecule has 2 heterocycles. The Bertz CT molecular complexity index is 678. The van der Waals surface area contributed by atoms with Crippen LogP contribution in [0.25, 0.3) is 0 Å². The number of hydrogen-bond acceptors (Lipinski definition) is 4. The molecule has 1 N–H and O–H groups in total. The van der Waals surface area contributed by atoms with E-state index in [1.807, 2.05) is 10.8 Å². The first-order valence-electron chi connectivity index (χ1n) is 6.69. The van der Waals surface area contributed by atoms with E-state index in [-0.39, 0.29) is 11.9 Å². The fourth-order valence-corrected chi connectivity index (χ4v) is 2.23. The Balaban J connectivity index is 1.68. The third-order valence-electron chi connectivity index (χ3n) is 3.42. The van der Waals surface area contributed by atoms with Gasteiger partial charge in [-0.1, -0.05) is 0 Å². The molecule has 0 bridgehead atoms. The number of carbonyl (C=O) groups is 1. The van der Waals surface area contributed by atoms with Crippen molar-refractivity contribution in [1.82, 2.24) is 9.78 Å². The zero-order valence-corrected chi connectivity index (χ0v) is 11.3. The van der Waals surface area contributed by atoms with Crippen molar-refractivity contribution in [3.05, 3.63) is 47.8 Å². The number of nitrogens with zero attached hydrogens (tertiary/aromatic N) is 3. The van der Waals surface area contributed by atoms with E-state index in [1.54, 1.807) is 36.7 Å². The first kappa shape index (κ1) is 13.3. The molecule has 3 rings (SSSR count). The first-order valence-corrected chi connectivity index (χ1v) is 6.69. The molecule has 1 saturated heterocycles. The molecule has 0 radical (unpaired) electrons. The van der Waals surface area contributed by atoms with Gasteiger partial charge in [0.2, 0.25) is 0 Å². The highest BCUT2D eigenvalue weighted by atomic mass is 16.5. The molecule has 106 valence electrons. The number of aromatic nitrogens is 2. The molecule has 0 spiro atoms. The predicted octanol–water partition coefficient (Wildman–Crippen LogP) is 1.97. The molecule has 1 aromatic carbocycles. The van der Waals surface area contributed by atoms with Gasteiger partial charge in [0, 0.05) is 18.4 Å². The molecule has 1 aliphatic rings. The van der Waals surface area contributed by atoms with Crippen molar-refractivity contribution in [3.63, 3.8) is 0 Å². The quantitative estimate of drug-likeness (QED) is 0.933. The maximum absolute atomic E-state index is 12.1. The standard InChI is InChI=1S/C15H14N4O2/c16-7-11-1-3-12(4-2-11)15(20)18-13-8-17-19(9-13)14-5-6-21-10-14/h1-4,8-9,14H,5-6,10H2,(H,18,20)/t14-/m0/s1. The molecular formula is C15H14N4O2. The van der Waals surface area contributed by atoms with Crippen LogP contribution >= 0.6 is 0 Å². The number of anilines is 1. The van der Waals surface area contributed by atoms with Crippen LogP contribution in [0.3, 0.4) is 0 Å². The van der Waals surface area contributed by atoms with Crippen molar-refractivity contribution >= 4 is 11.6 Å². The Morgan fingerprint density at radius 1 is 1.43 bits per heavy atom. The smallest absolute Gasteiger partial charge is 0.255 e. The highest BCUT2D eigenvalue weighted by molar-refractivity contribution is 6.04. The monoisotopic (exact) mass is 282 g/mol. The molecule has 0 saturated carbocycles. The summed E-state index contributed by atoms with van der Waals surface area (Å²) < 4.78 is 7.14. The van der Waals surface area contributed by atoms with Crippen molar-refractivity contribution in [2.24, 2.45) is 0 Å². The van der Waals surface area contributed by atoms with Crippen LogP contribution in [0.1, 0.15) is 28.4 Å². The van der Waals surface area contributed by atoms with E-state index in [9.17, 15) is 4.79 Å². The number of amides is 1.